The number of phenols is 1. The molecule has 0 saturated carbocycles. The molecule has 0 unspecified atom stereocenters. The number of benzene rings is 3. The Balaban J connectivity index is 1.51. The van der Waals surface area contributed by atoms with Gasteiger partial charge in [0.15, 0.2) is 0 Å². The lowest BCUT2D eigenvalue weighted by molar-refractivity contribution is 0.199. The standard InChI is InChI=1S/C24H22F2O2S/c25-24(26)23(29-22-15-11-20(27)12-16-22)8-4-7-18-9-13-21(14-10-18)28-17-19-5-2-1-3-6-19/h1-3,5-6,8-16,24,27H,4,7,17H2/b23-8-. The van der Waals surface area contributed by atoms with E-state index in [2.05, 4.69) is 0 Å². The molecule has 0 aromatic heterocycles. The minimum atomic E-state index is -2.53. The highest BCUT2D eigenvalue weighted by Gasteiger charge is 2.12. The van der Waals surface area contributed by atoms with Crippen LogP contribution in [0.4, 0.5) is 8.78 Å². The van der Waals surface area contributed by atoms with E-state index in [1.54, 1.807) is 18.2 Å². The second-order valence-corrected chi connectivity index (χ2v) is 7.61. The summed E-state index contributed by atoms with van der Waals surface area (Å²) in [5.74, 6) is 0.900. The first-order valence-electron chi connectivity index (χ1n) is 9.31. The molecular formula is C24H22F2O2S. The van der Waals surface area contributed by atoms with E-state index in [4.69, 9.17) is 4.74 Å². The van der Waals surface area contributed by atoms with Crippen LogP contribution in [0.3, 0.4) is 0 Å². The summed E-state index contributed by atoms with van der Waals surface area (Å²) >= 11 is 1.03. The van der Waals surface area contributed by atoms with Crippen molar-refractivity contribution in [1.29, 1.82) is 0 Å². The van der Waals surface area contributed by atoms with Gasteiger partial charge >= 0.3 is 0 Å². The van der Waals surface area contributed by atoms with E-state index in [9.17, 15) is 13.9 Å². The molecule has 150 valence electrons. The van der Waals surface area contributed by atoms with Crippen LogP contribution in [0.15, 0.2) is 94.7 Å². The highest BCUT2D eigenvalue weighted by Crippen LogP contribution is 2.32. The summed E-state index contributed by atoms with van der Waals surface area (Å²) in [4.78, 5) is 0.702. The minimum Gasteiger partial charge on any atom is -0.508 e. The third-order valence-electron chi connectivity index (χ3n) is 4.24. The summed E-state index contributed by atoms with van der Waals surface area (Å²) in [6.07, 6.45) is 0.255. The first kappa shape index (κ1) is 20.9. The lowest BCUT2D eigenvalue weighted by Gasteiger charge is -2.08. The number of thioether (sulfide) groups is 1. The number of rotatable bonds is 9. The van der Waals surface area contributed by atoms with E-state index in [-0.39, 0.29) is 10.7 Å². The largest absolute Gasteiger partial charge is 0.508 e. The van der Waals surface area contributed by atoms with Gasteiger partial charge in [-0.25, -0.2) is 8.78 Å². The molecule has 0 spiro atoms. The van der Waals surface area contributed by atoms with Crippen LogP contribution < -0.4 is 4.74 Å². The molecule has 0 aliphatic rings. The monoisotopic (exact) mass is 412 g/mol. The molecular weight excluding hydrogens is 390 g/mol. The van der Waals surface area contributed by atoms with Gasteiger partial charge in [0, 0.05) is 4.90 Å². The van der Waals surface area contributed by atoms with Crippen molar-refractivity contribution in [3.63, 3.8) is 0 Å². The maximum atomic E-state index is 13.3. The number of allylic oxidation sites excluding steroid dienone is 2. The number of aryl methyl sites for hydroxylation is 1. The van der Waals surface area contributed by atoms with Gasteiger partial charge in [-0.2, -0.15) is 0 Å². The van der Waals surface area contributed by atoms with Crippen molar-refractivity contribution in [2.45, 2.75) is 30.8 Å². The molecule has 2 nitrogen and oxygen atoms in total. The molecule has 0 atom stereocenters. The van der Waals surface area contributed by atoms with E-state index in [0.717, 1.165) is 28.6 Å². The Kier molecular flexibility index (Phi) is 7.70. The molecule has 0 aliphatic carbocycles. The van der Waals surface area contributed by atoms with Gasteiger partial charge in [-0.15, -0.1) is 0 Å². The summed E-state index contributed by atoms with van der Waals surface area (Å²) in [6, 6.07) is 23.9. The molecule has 0 fully saturated rings. The predicted octanol–water partition coefficient (Wildman–Crippen LogP) is 6.85. The van der Waals surface area contributed by atoms with Crippen molar-refractivity contribution in [2.75, 3.05) is 0 Å². The third kappa shape index (κ3) is 6.95. The van der Waals surface area contributed by atoms with Crippen molar-refractivity contribution in [3.05, 3.63) is 101 Å². The molecule has 0 saturated heterocycles. The van der Waals surface area contributed by atoms with Crippen LogP contribution in [-0.2, 0) is 13.0 Å². The number of halogens is 2. The van der Waals surface area contributed by atoms with Crippen LogP contribution in [0.5, 0.6) is 11.5 Å². The van der Waals surface area contributed by atoms with Crippen molar-refractivity contribution in [2.24, 2.45) is 0 Å². The molecule has 0 heterocycles. The van der Waals surface area contributed by atoms with E-state index in [0.29, 0.717) is 24.3 Å². The number of ether oxygens (including phenoxy) is 1. The second kappa shape index (κ2) is 10.7. The summed E-state index contributed by atoms with van der Waals surface area (Å²) in [5.41, 5.74) is 2.17. The number of phenolic OH excluding ortho intramolecular Hbond substituents is 1. The lowest BCUT2D eigenvalue weighted by Crippen LogP contribution is -1.95. The molecule has 5 heteroatoms. The van der Waals surface area contributed by atoms with E-state index in [1.807, 2.05) is 54.6 Å². The van der Waals surface area contributed by atoms with Crippen LogP contribution >= 0.6 is 11.8 Å². The molecule has 3 aromatic rings. The number of alkyl halides is 2. The maximum absolute atomic E-state index is 13.3. The molecule has 0 aliphatic heterocycles. The van der Waals surface area contributed by atoms with Gasteiger partial charge < -0.3 is 9.84 Å². The number of hydrogen-bond acceptors (Lipinski definition) is 3. The topological polar surface area (TPSA) is 29.5 Å². The molecule has 0 amide bonds. The molecule has 0 bridgehead atoms. The second-order valence-electron chi connectivity index (χ2n) is 6.46. The van der Waals surface area contributed by atoms with Crippen LogP contribution in [0.1, 0.15) is 17.5 Å². The molecule has 0 radical (unpaired) electrons. The minimum absolute atomic E-state index is 0.0264. The van der Waals surface area contributed by atoms with E-state index < -0.39 is 6.43 Å². The van der Waals surface area contributed by atoms with Crippen molar-refractivity contribution in [1.82, 2.24) is 0 Å². The first-order chi connectivity index (χ1) is 14.1. The van der Waals surface area contributed by atoms with Crippen LogP contribution in [0.2, 0.25) is 0 Å². The van der Waals surface area contributed by atoms with Crippen LogP contribution in [-0.4, -0.2) is 11.5 Å². The Morgan fingerprint density at radius 2 is 1.59 bits per heavy atom. The van der Waals surface area contributed by atoms with Crippen molar-refractivity contribution < 1.29 is 18.6 Å². The fourth-order valence-electron chi connectivity index (χ4n) is 2.70. The van der Waals surface area contributed by atoms with Crippen LogP contribution in [0, 0.1) is 0 Å². The highest BCUT2D eigenvalue weighted by atomic mass is 32.2. The summed E-state index contributed by atoms with van der Waals surface area (Å²) in [5, 5.41) is 9.30. The highest BCUT2D eigenvalue weighted by molar-refractivity contribution is 8.03. The zero-order valence-corrected chi connectivity index (χ0v) is 16.6. The summed E-state index contributed by atoms with van der Waals surface area (Å²) in [7, 11) is 0. The molecule has 3 aromatic carbocycles. The number of aromatic hydroxyl groups is 1. The van der Waals surface area contributed by atoms with Crippen LogP contribution in [0.25, 0.3) is 0 Å². The zero-order chi connectivity index (χ0) is 20.5. The van der Waals surface area contributed by atoms with Crippen molar-refractivity contribution in [3.8, 4) is 11.5 Å². The average molecular weight is 413 g/mol. The van der Waals surface area contributed by atoms with E-state index in [1.165, 1.54) is 12.1 Å². The molecule has 3 rings (SSSR count). The maximum Gasteiger partial charge on any atom is 0.269 e. The predicted molar refractivity (Wildman–Crippen MR) is 114 cm³/mol. The van der Waals surface area contributed by atoms with Gasteiger partial charge in [-0.05, 0) is 60.4 Å². The average Bonchev–Trinajstić information content (AvgIpc) is 2.74. The van der Waals surface area contributed by atoms with Gasteiger partial charge in [0.05, 0.1) is 4.91 Å². The first-order valence-corrected chi connectivity index (χ1v) is 10.1. The zero-order valence-electron chi connectivity index (χ0n) is 15.8. The Hall–Kier alpha value is -2.79. The fourth-order valence-corrected chi connectivity index (χ4v) is 3.53. The third-order valence-corrected chi connectivity index (χ3v) is 5.33. The smallest absolute Gasteiger partial charge is 0.269 e. The Bertz CT molecular complexity index is 908. The SMILES string of the molecule is Oc1ccc(S/C(=C\CCc2ccc(OCc3ccccc3)cc2)C(F)F)cc1. The Labute approximate surface area is 173 Å². The normalized spacial score (nSPS) is 11.6. The molecule has 1 N–H and O–H groups in total. The molecule has 29 heavy (non-hydrogen) atoms. The lowest BCUT2D eigenvalue weighted by atomic mass is 10.1. The van der Waals surface area contributed by atoms with Crippen molar-refractivity contribution >= 4 is 11.8 Å². The Morgan fingerprint density at radius 1 is 0.897 bits per heavy atom. The van der Waals surface area contributed by atoms with Gasteiger partial charge in [0.25, 0.3) is 6.43 Å². The van der Waals surface area contributed by atoms with Gasteiger partial charge in [0.1, 0.15) is 18.1 Å². The fraction of sp³-hybridized carbons (Fsp3) is 0.167. The summed E-state index contributed by atoms with van der Waals surface area (Å²) in [6.45, 7) is 0.509. The quantitative estimate of drug-likeness (QED) is 0.390. The Morgan fingerprint density at radius 3 is 2.24 bits per heavy atom. The van der Waals surface area contributed by atoms with E-state index >= 15 is 0 Å². The van der Waals surface area contributed by atoms with Gasteiger partial charge in [-0.3, -0.25) is 0 Å². The van der Waals surface area contributed by atoms with Gasteiger partial charge in [-0.1, -0.05) is 60.3 Å². The van der Waals surface area contributed by atoms with Gasteiger partial charge in [0.2, 0.25) is 0 Å². The summed E-state index contributed by atoms with van der Waals surface area (Å²) < 4.78 is 32.4. The number of hydrogen-bond donors (Lipinski definition) is 1.